The van der Waals surface area contributed by atoms with Gasteiger partial charge in [-0.05, 0) is 49.6 Å². The lowest BCUT2D eigenvalue weighted by atomic mass is 10.0. The summed E-state index contributed by atoms with van der Waals surface area (Å²) in [6.45, 7) is 6.80. The maximum Gasteiger partial charge on any atom is 0.124 e. The van der Waals surface area contributed by atoms with Gasteiger partial charge >= 0.3 is 0 Å². The minimum atomic E-state index is -0.198. The summed E-state index contributed by atoms with van der Waals surface area (Å²) in [6.07, 6.45) is 4.84. The molecule has 1 aromatic carbocycles. The van der Waals surface area contributed by atoms with Crippen LogP contribution in [0.3, 0.4) is 0 Å². The van der Waals surface area contributed by atoms with E-state index >= 15 is 0 Å². The Morgan fingerprint density at radius 3 is 2.82 bits per heavy atom. The average molecular weight is 300 g/mol. The van der Waals surface area contributed by atoms with Crippen LogP contribution in [0.1, 0.15) is 37.8 Å². The summed E-state index contributed by atoms with van der Waals surface area (Å²) in [5, 5.41) is 3.44. The van der Waals surface area contributed by atoms with Crippen molar-refractivity contribution >= 4 is 15.9 Å². The predicted molar refractivity (Wildman–Crippen MR) is 74.6 cm³/mol. The zero-order chi connectivity index (χ0) is 12.7. The summed E-state index contributed by atoms with van der Waals surface area (Å²) >= 11 is 3.33. The van der Waals surface area contributed by atoms with Crippen molar-refractivity contribution in [3.63, 3.8) is 0 Å². The van der Waals surface area contributed by atoms with Crippen LogP contribution in [-0.2, 0) is 0 Å². The Morgan fingerprint density at radius 1 is 1.47 bits per heavy atom. The highest BCUT2D eigenvalue weighted by Gasteiger charge is 2.11. The van der Waals surface area contributed by atoms with E-state index < -0.39 is 0 Å². The molecule has 0 aliphatic rings. The molecule has 1 N–H and O–H groups in total. The molecule has 1 atom stereocenters. The Hall–Kier alpha value is -0.670. The lowest BCUT2D eigenvalue weighted by molar-refractivity contribution is 0.499. The number of halogens is 2. The van der Waals surface area contributed by atoms with Crippen molar-refractivity contribution in [2.75, 3.05) is 6.54 Å². The lowest BCUT2D eigenvalue weighted by Crippen LogP contribution is -2.22. The quantitative estimate of drug-likeness (QED) is 0.726. The molecule has 0 amide bonds. The summed E-state index contributed by atoms with van der Waals surface area (Å²) in [4.78, 5) is 0. The number of nitrogens with one attached hydrogen (secondary N) is 1. The highest BCUT2D eigenvalue weighted by atomic mass is 79.9. The normalized spacial score (nSPS) is 12.4. The summed E-state index contributed by atoms with van der Waals surface area (Å²) in [6, 6.07) is 5.24. The predicted octanol–water partition coefficient (Wildman–Crippen LogP) is 4.60. The van der Waals surface area contributed by atoms with Crippen molar-refractivity contribution in [3.05, 3.63) is 46.7 Å². The average Bonchev–Trinajstić information content (AvgIpc) is 2.28. The molecule has 1 unspecified atom stereocenters. The Labute approximate surface area is 111 Å². The number of rotatable bonds is 7. The van der Waals surface area contributed by atoms with Gasteiger partial charge in [-0.1, -0.05) is 28.9 Å². The Balaban J connectivity index is 2.82. The summed E-state index contributed by atoms with van der Waals surface area (Å²) in [7, 11) is 0. The van der Waals surface area contributed by atoms with Gasteiger partial charge in [0.05, 0.1) is 0 Å². The lowest BCUT2D eigenvalue weighted by Gasteiger charge is -2.18. The molecule has 0 spiro atoms. The van der Waals surface area contributed by atoms with Crippen LogP contribution >= 0.6 is 15.9 Å². The van der Waals surface area contributed by atoms with E-state index in [-0.39, 0.29) is 11.9 Å². The third kappa shape index (κ3) is 5.00. The van der Waals surface area contributed by atoms with Crippen LogP contribution in [0.4, 0.5) is 4.39 Å². The second kappa shape index (κ2) is 7.62. The molecule has 0 aromatic heterocycles. The molecule has 1 rings (SSSR count). The van der Waals surface area contributed by atoms with Crippen LogP contribution in [0.5, 0.6) is 0 Å². The zero-order valence-electron chi connectivity index (χ0n) is 10.2. The third-order valence-corrected chi connectivity index (χ3v) is 3.05. The molecule has 17 heavy (non-hydrogen) atoms. The fourth-order valence-electron chi connectivity index (χ4n) is 1.77. The molecule has 3 heteroatoms. The smallest absolute Gasteiger partial charge is 0.124 e. The van der Waals surface area contributed by atoms with Gasteiger partial charge in [0.25, 0.3) is 0 Å². The third-order valence-electron chi connectivity index (χ3n) is 2.59. The van der Waals surface area contributed by atoms with E-state index in [1.807, 2.05) is 12.1 Å². The second-order valence-electron chi connectivity index (χ2n) is 4.08. The van der Waals surface area contributed by atoms with E-state index in [2.05, 4.69) is 34.7 Å². The highest BCUT2D eigenvalue weighted by molar-refractivity contribution is 9.10. The van der Waals surface area contributed by atoms with Gasteiger partial charge in [-0.25, -0.2) is 4.39 Å². The number of hydrogen-bond donors (Lipinski definition) is 1. The van der Waals surface area contributed by atoms with Gasteiger partial charge in [-0.2, -0.15) is 0 Å². The molecule has 0 radical (unpaired) electrons. The topological polar surface area (TPSA) is 12.0 Å². The van der Waals surface area contributed by atoms with Crippen LogP contribution in [0, 0.1) is 5.82 Å². The second-order valence-corrected chi connectivity index (χ2v) is 4.99. The minimum Gasteiger partial charge on any atom is -0.310 e. The molecule has 94 valence electrons. The molecule has 0 bridgehead atoms. The van der Waals surface area contributed by atoms with E-state index in [0.29, 0.717) is 0 Å². The molecular formula is C14H19BrFN. The number of benzene rings is 1. The molecule has 0 saturated heterocycles. The standard InChI is InChI=1S/C14H19BrFN/c1-3-5-6-14(17-7-4-2)11-8-12(15)10-13(16)9-11/h3,8-10,14,17H,1,4-7H2,2H3. The van der Waals surface area contributed by atoms with Crippen LogP contribution in [0.2, 0.25) is 0 Å². The van der Waals surface area contributed by atoms with E-state index in [1.165, 1.54) is 6.07 Å². The van der Waals surface area contributed by atoms with Gasteiger partial charge in [-0.15, -0.1) is 6.58 Å². The van der Waals surface area contributed by atoms with Gasteiger partial charge in [-0.3, -0.25) is 0 Å². The first-order valence-electron chi connectivity index (χ1n) is 5.97. The van der Waals surface area contributed by atoms with Crippen molar-refractivity contribution in [2.45, 2.75) is 32.2 Å². The first-order chi connectivity index (χ1) is 8.17. The Bertz CT molecular complexity index is 345. The first-order valence-corrected chi connectivity index (χ1v) is 6.77. The van der Waals surface area contributed by atoms with Crippen LogP contribution in [0.25, 0.3) is 0 Å². The van der Waals surface area contributed by atoms with Gasteiger partial charge < -0.3 is 5.32 Å². The Kier molecular flexibility index (Phi) is 6.45. The summed E-state index contributed by atoms with van der Waals surface area (Å²) in [5.74, 6) is -0.198. The Morgan fingerprint density at radius 2 is 2.24 bits per heavy atom. The van der Waals surface area contributed by atoms with E-state index in [0.717, 1.165) is 35.8 Å². The molecule has 0 heterocycles. The molecule has 0 aliphatic heterocycles. The van der Waals surface area contributed by atoms with Gasteiger partial charge in [0.15, 0.2) is 0 Å². The molecular weight excluding hydrogens is 281 g/mol. The van der Waals surface area contributed by atoms with Crippen LogP contribution in [-0.4, -0.2) is 6.54 Å². The van der Waals surface area contributed by atoms with Gasteiger partial charge in [0.2, 0.25) is 0 Å². The van der Waals surface area contributed by atoms with E-state index in [4.69, 9.17) is 0 Å². The highest BCUT2D eigenvalue weighted by Crippen LogP contribution is 2.23. The minimum absolute atomic E-state index is 0.194. The molecule has 1 nitrogen and oxygen atoms in total. The first kappa shape index (κ1) is 14.4. The molecule has 0 fully saturated rings. The molecule has 1 aromatic rings. The fraction of sp³-hybridized carbons (Fsp3) is 0.429. The van der Waals surface area contributed by atoms with Crippen molar-refractivity contribution < 1.29 is 4.39 Å². The van der Waals surface area contributed by atoms with Gasteiger partial charge in [0, 0.05) is 10.5 Å². The van der Waals surface area contributed by atoms with E-state index in [9.17, 15) is 4.39 Å². The fourth-order valence-corrected chi connectivity index (χ4v) is 2.25. The maximum atomic E-state index is 13.4. The zero-order valence-corrected chi connectivity index (χ0v) is 11.8. The van der Waals surface area contributed by atoms with Crippen LogP contribution < -0.4 is 5.32 Å². The largest absolute Gasteiger partial charge is 0.310 e. The summed E-state index contributed by atoms with van der Waals surface area (Å²) in [5.41, 5.74) is 0.993. The van der Waals surface area contributed by atoms with Crippen LogP contribution in [0.15, 0.2) is 35.3 Å². The van der Waals surface area contributed by atoms with Crippen molar-refractivity contribution in [3.8, 4) is 0 Å². The SMILES string of the molecule is C=CCCC(NCCC)c1cc(F)cc(Br)c1. The number of allylic oxidation sites excluding steroid dienone is 1. The monoisotopic (exact) mass is 299 g/mol. The molecule has 0 aliphatic carbocycles. The van der Waals surface area contributed by atoms with Crippen molar-refractivity contribution in [2.24, 2.45) is 0 Å². The molecule has 0 saturated carbocycles. The van der Waals surface area contributed by atoms with Crippen molar-refractivity contribution in [1.29, 1.82) is 0 Å². The number of hydrogen-bond acceptors (Lipinski definition) is 1. The maximum absolute atomic E-state index is 13.4. The summed E-state index contributed by atoms with van der Waals surface area (Å²) < 4.78 is 14.1. The van der Waals surface area contributed by atoms with E-state index in [1.54, 1.807) is 6.07 Å². The van der Waals surface area contributed by atoms with Gasteiger partial charge in [0.1, 0.15) is 5.82 Å². The van der Waals surface area contributed by atoms with Crippen molar-refractivity contribution in [1.82, 2.24) is 5.32 Å².